The molecule has 7 heteroatoms. The highest BCUT2D eigenvalue weighted by Crippen LogP contribution is 2.25. The second kappa shape index (κ2) is 9.90. The predicted molar refractivity (Wildman–Crippen MR) is 123 cm³/mol. The number of likely N-dealkylation sites (tertiary alicyclic amines) is 1. The van der Waals surface area contributed by atoms with E-state index in [1.54, 1.807) is 11.3 Å². The van der Waals surface area contributed by atoms with Crippen molar-refractivity contribution in [3.05, 3.63) is 52.0 Å². The molecule has 6 nitrogen and oxygen atoms in total. The molecule has 2 atom stereocenters. The molecule has 1 aromatic heterocycles. The lowest BCUT2D eigenvalue weighted by molar-refractivity contribution is -0.0502. The Morgan fingerprint density at radius 2 is 2.13 bits per heavy atom. The fourth-order valence-electron chi connectivity index (χ4n) is 4.28. The zero-order valence-corrected chi connectivity index (χ0v) is 19.1. The summed E-state index contributed by atoms with van der Waals surface area (Å²) in [6, 6.07) is 11.1. The average Bonchev–Trinajstić information content (AvgIpc) is 3.40. The van der Waals surface area contributed by atoms with Crippen LogP contribution >= 0.6 is 11.3 Å². The van der Waals surface area contributed by atoms with Gasteiger partial charge in [-0.2, -0.15) is 0 Å². The predicted octanol–water partition coefficient (Wildman–Crippen LogP) is 2.97. The van der Waals surface area contributed by atoms with Gasteiger partial charge in [0.25, 0.3) is 0 Å². The number of ether oxygens (including phenoxy) is 1. The number of nitrogens with one attached hydrogen (secondary N) is 1. The van der Waals surface area contributed by atoms with E-state index in [9.17, 15) is 0 Å². The number of fused-ring (bicyclic) bond motifs is 1. The van der Waals surface area contributed by atoms with Crippen molar-refractivity contribution >= 4 is 17.3 Å². The van der Waals surface area contributed by atoms with Crippen molar-refractivity contribution in [1.29, 1.82) is 0 Å². The minimum Gasteiger partial charge on any atom is -0.373 e. The van der Waals surface area contributed by atoms with Crippen LogP contribution in [0, 0.1) is 0 Å². The van der Waals surface area contributed by atoms with Crippen molar-refractivity contribution in [3.8, 4) is 0 Å². The van der Waals surface area contributed by atoms with Crippen molar-refractivity contribution in [2.75, 3.05) is 39.8 Å². The van der Waals surface area contributed by atoms with Gasteiger partial charge < -0.3 is 15.0 Å². The Kier molecular flexibility index (Phi) is 7.02. The van der Waals surface area contributed by atoms with Gasteiger partial charge in [-0.1, -0.05) is 44.2 Å². The molecular weight excluding hydrogens is 394 g/mol. The van der Waals surface area contributed by atoms with Crippen LogP contribution in [0.5, 0.6) is 0 Å². The van der Waals surface area contributed by atoms with Gasteiger partial charge in [0, 0.05) is 57.5 Å². The third-order valence-electron chi connectivity index (χ3n) is 5.88. The molecule has 2 aliphatic rings. The van der Waals surface area contributed by atoms with E-state index in [1.807, 2.05) is 7.05 Å². The van der Waals surface area contributed by atoms with Crippen molar-refractivity contribution < 1.29 is 4.74 Å². The lowest BCUT2D eigenvalue weighted by atomic mass is 10.1. The summed E-state index contributed by atoms with van der Waals surface area (Å²) in [6.07, 6.45) is 1.16. The molecule has 0 radical (unpaired) electrons. The number of aliphatic imine (C=N–C) groups is 1. The Balaban J connectivity index is 1.32. The lowest BCUT2D eigenvalue weighted by Crippen LogP contribution is -2.50. The van der Waals surface area contributed by atoms with E-state index in [-0.39, 0.29) is 6.10 Å². The first-order valence-corrected chi connectivity index (χ1v) is 11.8. The van der Waals surface area contributed by atoms with Crippen molar-refractivity contribution in [1.82, 2.24) is 20.1 Å². The number of hydrogen-bond donors (Lipinski definition) is 1. The number of guanidine groups is 1. The maximum atomic E-state index is 6.12. The SMILES string of the molecule is CN=C(NCCc1csc(C(C)C)n1)N1CC2OCCN(Cc3ccccc3)C2C1. The molecule has 0 amide bonds. The largest absolute Gasteiger partial charge is 0.373 e. The summed E-state index contributed by atoms with van der Waals surface area (Å²) in [5.41, 5.74) is 2.53. The fourth-order valence-corrected chi connectivity index (χ4v) is 5.15. The quantitative estimate of drug-likeness (QED) is 0.567. The lowest BCUT2D eigenvalue weighted by Gasteiger charge is -2.36. The number of rotatable bonds is 6. The number of thiazole rings is 1. The molecule has 4 rings (SSSR count). The molecule has 30 heavy (non-hydrogen) atoms. The van der Waals surface area contributed by atoms with Crippen LogP contribution in [0.2, 0.25) is 0 Å². The van der Waals surface area contributed by atoms with E-state index in [1.165, 1.54) is 16.3 Å². The molecule has 2 aliphatic heterocycles. The van der Waals surface area contributed by atoms with Crippen LogP contribution in [-0.4, -0.2) is 72.7 Å². The molecule has 3 heterocycles. The first-order valence-electron chi connectivity index (χ1n) is 10.9. The normalized spacial score (nSPS) is 22.5. The van der Waals surface area contributed by atoms with Crippen LogP contribution in [0.25, 0.3) is 0 Å². The number of nitrogens with zero attached hydrogens (tertiary/aromatic N) is 4. The summed E-state index contributed by atoms with van der Waals surface area (Å²) in [6.45, 7) is 9.84. The second-order valence-electron chi connectivity index (χ2n) is 8.39. The minimum absolute atomic E-state index is 0.244. The topological polar surface area (TPSA) is 53.0 Å². The Bertz CT molecular complexity index is 837. The van der Waals surface area contributed by atoms with Gasteiger partial charge in [0.2, 0.25) is 0 Å². The van der Waals surface area contributed by atoms with E-state index in [4.69, 9.17) is 9.72 Å². The van der Waals surface area contributed by atoms with Crippen LogP contribution in [0.3, 0.4) is 0 Å². The van der Waals surface area contributed by atoms with E-state index >= 15 is 0 Å². The van der Waals surface area contributed by atoms with E-state index in [0.29, 0.717) is 12.0 Å². The minimum atomic E-state index is 0.244. The van der Waals surface area contributed by atoms with Gasteiger partial charge >= 0.3 is 0 Å². The summed E-state index contributed by atoms with van der Waals surface area (Å²) in [5.74, 6) is 1.46. The van der Waals surface area contributed by atoms with Gasteiger partial charge in [0.15, 0.2) is 5.96 Å². The smallest absolute Gasteiger partial charge is 0.193 e. The zero-order chi connectivity index (χ0) is 20.9. The van der Waals surface area contributed by atoms with Crippen LogP contribution in [0.15, 0.2) is 40.7 Å². The molecule has 0 spiro atoms. The molecule has 0 aliphatic carbocycles. The van der Waals surface area contributed by atoms with Crippen LogP contribution in [-0.2, 0) is 17.7 Å². The highest BCUT2D eigenvalue weighted by molar-refractivity contribution is 7.09. The fraction of sp³-hybridized carbons (Fsp3) is 0.565. The summed E-state index contributed by atoms with van der Waals surface area (Å²) in [7, 11) is 1.87. The second-order valence-corrected chi connectivity index (χ2v) is 9.28. The number of benzene rings is 1. The van der Waals surface area contributed by atoms with Crippen LogP contribution < -0.4 is 5.32 Å². The van der Waals surface area contributed by atoms with E-state index in [2.05, 4.69) is 69.7 Å². The number of aromatic nitrogens is 1. The molecule has 2 unspecified atom stereocenters. The first kappa shape index (κ1) is 21.3. The molecule has 2 saturated heterocycles. The van der Waals surface area contributed by atoms with Gasteiger partial charge in [-0.15, -0.1) is 11.3 Å². The molecule has 1 N–H and O–H groups in total. The molecule has 0 bridgehead atoms. The first-order chi connectivity index (χ1) is 14.6. The molecule has 0 saturated carbocycles. The number of morpholine rings is 1. The zero-order valence-electron chi connectivity index (χ0n) is 18.3. The van der Waals surface area contributed by atoms with Crippen molar-refractivity contribution in [2.45, 2.75) is 44.9 Å². The molecule has 1 aromatic carbocycles. The summed E-state index contributed by atoms with van der Waals surface area (Å²) >= 11 is 1.76. The Hall–Kier alpha value is -1.96. The van der Waals surface area contributed by atoms with Crippen molar-refractivity contribution in [3.63, 3.8) is 0 Å². The Labute approximate surface area is 184 Å². The van der Waals surface area contributed by atoms with Gasteiger partial charge in [-0.3, -0.25) is 9.89 Å². The van der Waals surface area contributed by atoms with E-state index in [0.717, 1.165) is 51.7 Å². The third-order valence-corrected chi connectivity index (χ3v) is 7.08. The standard InChI is InChI=1S/C23H33N5OS/c1-17(2)22-26-19(16-30-22)9-10-25-23(24-3)28-14-20-21(15-28)29-12-11-27(20)13-18-7-5-4-6-8-18/h4-8,16-17,20-21H,9-15H2,1-3H3,(H,24,25). The van der Waals surface area contributed by atoms with Crippen molar-refractivity contribution in [2.24, 2.45) is 4.99 Å². The van der Waals surface area contributed by atoms with Crippen LogP contribution in [0.4, 0.5) is 0 Å². The van der Waals surface area contributed by atoms with Crippen LogP contribution in [0.1, 0.15) is 36.0 Å². The highest BCUT2D eigenvalue weighted by Gasteiger charge is 2.41. The molecule has 162 valence electrons. The summed E-state index contributed by atoms with van der Waals surface area (Å²) in [4.78, 5) is 14.2. The number of hydrogen-bond acceptors (Lipinski definition) is 5. The maximum absolute atomic E-state index is 6.12. The van der Waals surface area contributed by atoms with Gasteiger partial charge in [-0.05, 0) is 5.56 Å². The highest BCUT2D eigenvalue weighted by atomic mass is 32.1. The van der Waals surface area contributed by atoms with E-state index < -0.39 is 0 Å². The van der Waals surface area contributed by atoms with Gasteiger partial charge in [-0.25, -0.2) is 4.98 Å². The van der Waals surface area contributed by atoms with Gasteiger partial charge in [0.1, 0.15) is 0 Å². The molecule has 2 aromatic rings. The summed E-state index contributed by atoms with van der Waals surface area (Å²) in [5, 5.41) is 6.94. The van der Waals surface area contributed by atoms with Gasteiger partial charge in [0.05, 0.1) is 29.5 Å². The molecular formula is C23H33N5OS. The Morgan fingerprint density at radius 3 is 2.87 bits per heavy atom. The molecule has 2 fully saturated rings. The monoisotopic (exact) mass is 427 g/mol. The Morgan fingerprint density at radius 1 is 1.30 bits per heavy atom. The third kappa shape index (κ3) is 5.02. The average molecular weight is 428 g/mol. The summed E-state index contributed by atoms with van der Waals surface area (Å²) < 4.78 is 6.12. The maximum Gasteiger partial charge on any atom is 0.193 e.